The Bertz CT molecular complexity index is 170. The zero-order chi connectivity index (χ0) is 9.80. The van der Waals surface area contributed by atoms with Gasteiger partial charge in [-0.1, -0.05) is 19.8 Å². The van der Waals surface area contributed by atoms with E-state index >= 15 is 0 Å². The van der Waals surface area contributed by atoms with Crippen LogP contribution in [-0.2, 0) is 0 Å². The summed E-state index contributed by atoms with van der Waals surface area (Å²) in [4.78, 5) is 2.73. The molecule has 0 aromatic heterocycles. The molecular formula is C12H24N2. The summed E-state index contributed by atoms with van der Waals surface area (Å²) >= 11 is 0. The van der Waals surface area contributed by atoms with Gasteiger partial charge < -0.3 is 5.32 Å². The van der Waals surface area contributed by atoms with Gasteiger partial charge in [-0.05, 0) is 44.8 Å². The average Bonchev–Trinajstić information content (AvgIpc) is 2.37. The molecule has 2 heteroatoms. The molecule has 2 aliphatic heterocycles. The molecule has 14 heavy (non-hydrogen) atoms. The van der Waals surface area contributed by atoms with Gasteiger partial charge in [0.25, 0.3) is 0 Å². The van der Waals surface area contributed by atoms with E-state index in [4.69, 9.17) is 0 Å². The number of nitrogens with one attached hydrogen (secondary N) is 1. The second kappa shape index (κ2) is 5.13. The molecule has 82 valence electrons. The van der Waals surface area contributed by atoms with Crippen LogP contribution in [0.2, 0.25) is 0 Å². The van der Waals surface area contributed by atoms with E-state index in [1.165, 1.54) is 58.3 Å². The van der Waals surface area contributed by atoms with Crippen molar-refractivity contribution < 1.29 is 0 Å². The van der Waals surface area contributed by atoms with Gasteiger partial charge in [0.15, 0.2) is 0 Å². The van der Waals surface area contributed by atoms with Crippen LogP contribution in [0.5, 0.6) is 0 Å². The lowest BCUT2D eigenvalue weighted by molar-refractivity contribution is 0.165. The van der Waals surface area contributed by atoms with E-state index in [1.807, 2.05) is 0 Å². The van der Waals surface area contributed by atoms with Crippen LogP contribution in [0.1, 0.15) is 39.0 Å². The zero-order valence-corrected chi connectivity index (χ0v) is 9.47. The maximum absolute atomic E-state index is 3.56. The van der Waals surface area contributed by atoms with Gasteiger partial charge in [-0.15, -0.1) is 0 Å². The van der Waals surface area contributed by atoms with Gasteiger partial charge in [-0.3, -0.25) is 4.90 Å². The molecule has 2 aliphatic rings. The summed E-state index contributed by atoms with van der Waals surface area (Å²) in [6, 6.07) is 0.838. The minimum absolute atomic E-state index is 0.838. The van der Waals surface area contributed by atoms with Crippen LogP contribution in [0, 0.1) is 5.92 Å². The van der Waals surface area contributed by atoms with Crippen molar-refractivity contribution in [3.8, 4) is 0 Å². The van der Waals surface area contributed by atoms with Gasteiger partial charge >= 0.3 is 0 Å². The Morgan fingerprint density at radius 1 is 1.07 bits per heavy atom. The molecule has 2 nitrogen and oxygen atoms in total. The lowest BCUT2D eigenvalue weighted by Crippen LogP contribution is -2.41. The fourth-order valence-electron chi connectivity index (χ4n) is 2.80. The van der Waals surface area contributed by atoms with Gasteiger partial charge in [0.1, 0.15) is 0 Å². The van der Waals surface area contributed by atoms with Crippen LogP contribution < -0.4 is 5.32 Å². The number of hydrogen-bond donors (Lipinski definition) is 1. The normalized spacial score (nSPS) is 36.6. The Morgan fingerprint density at radius 2 is 2.00 bits per heavy atom. The Balaban J connectivity index is 1.92. The predicted octanol–water partition coefficient (Wildman–Crippen LogP) is 1.86. The van der Waals surface area contributed by atoms with E-state index in [-0.39, 0.29) is 0 Å². The molecular weight excluding hydrogens is 172 g/mol. The standard InChI is InChI=1S/C12H24N2/c1-11-4-2-5-12-10-13-7-3-8-14(12)9-6-11/h11-13H,2-10H2,1H3/t11-,12?/m1/s1. The third-order valence-electron chi connectivity index (χ3n) is 3.84. The first-order chi connectivity index (χ1) is 6.86. The van der Waals surface area contributed by atoms with E-state index < -0.39 is 0 Å². The van der Waals surface area contributed by atoms with Crippen molar-refractivity contribution >= 4 is 0 Å². The van der Waals surface area contributed by atoms with Crippen molar-refractivity contribution in [1.29, 1.82) is 0 Å². The summed E-state index contributed by atoms with van der Waals surface area (Å²) < 4.78 is 0. The van der Waals surface area contributed by atoms with Crippen molar-refractivity contribution in [1.82, 2.24) is 10.2 Å². The highest BCUT2D eigenvalue weighted by molar-refractivity contribution is 4.80. The first-order valence-electron chi connectivity index (χ1n) is 6.31. The van der Waals surface area contributed by atoms with Crippen molar-refractivity contribution in [3.05, 3.63) is 0 Å². The van der Waals surface area contributed by atoms with E-state index in [0.717, 1.165) is 12.0 Å². The molecule has 0 radical (unpaired) electrons. The number of hydrogen-bond acceptors (Lipinski definition) is 2. The molecule has 2 heterocycles. The summed E-state index contributed by atoms with van der Waals surface area (Å²) in [7, 11) is 0. The molecule has 0 aliphatic carbocycles. The fourth-order valence-corrected chi connectivity index (χ4v) is 2.80. The average molecular weight is 196 g/mol. The van der Waals surface area contributed by atoms with Gasteiger partial charge in [0.05, 0.1) is 0 Å². The topological polar surface area (TPSA) is 15.3 Å². The molecule has 2 saturated heterocycles. The molecule has 1 unspecified atom stereocenters. The van der Waals surface area contributed by atoms with Crippen LogP contribution in [0.25, 0.3) is 0 Å². The van der Waals surface area contributed by atoms with Gasteiger partial charge in [-0.2, -0.15) is 0 Å². The van der Waals surface area contributed by atoms with Crippen LogP contribution in [0.4, 0.5) is 0 Å². The predicted molar refractivity (Wildman–Crippen MR) is 60.5 cm³/mol. The van der Waals surface area contributed by atoms with E-state index in [2.05, 4.69) is 17.1 Å². The molecule has 0 bridgehead atoms. The summed E-state index contributed by atoms with van der Waals surface area (Å²) in [6.07, 6.45) is 7.05. The van der Waals surface area contributed by atoms with Crippen LogP contribution in [0.15, 0.2) is 0 Å². The molecule has 0 saturated carbocycles. The van der Waals surface area contributed by atoms with Gasteiger partial charge in [-0.25, -0.2) is 0 Å². The highest BCUT2D eigenvalue weighted by Gasteiger charge is 2.22. The van der Waals surface area contributed by atoms with Crippen molar-refractivity contribution in [2.45, 2.75) is 45.1 Å². The summed E-state index contributed by atoms with van der Waals surface area (Å²) in [5.74, 6) is 0.951. The Morgan fingerprint density at radius 3 is 2.93 bits per heavy atom. The van der Waals surface area contributed by atoms with Crippen LogP contribution in [0.3, 0.4) is 0 Å². The number of fused-ring (bicyclic) bond motifs is 1. The number of nitrogens with zero attached hydrogens (tertiary/aromatic N) is 1. The first-order valence-corrected chi connectivity index (χ1v) is 6.31. The highest BCUT2D eigenvalue weighted by atomic mass is 15.2. The quantitative estimate of drug-likeness (QED) is 0.636. The molecule has 0 spiro atoms. The lowest BCUT2D eigenvalue weighted by atomic mass is 9.94. The smallest absolute Gasteiger partial charge is 0.0220 e. The lowest BCUT2D eigenvalue weighted by Gasteiger charge is -2.33. The second-order valence-electron chi connectivity index (χ2n) is 5.07. The molecule has 2 fully saturated rings. The molecule has 1 N–H and O–H groups in total. The maximum atomic E-state index is 3.56. The Hall–Kier alpha value is -0.0800. The molecule has 2 rings (SSSR count). The second-order valence-corrected chi connectivity index (χ2v) is 5.07. The Kier molecular flexibility index (Phi) is 3.82. The van der Waals surface area contributed by atoms with E-state index in [9.17, 15) is 0 Å². The molecule has 0 amide bonds. The summed E-state index contributed by atoms with van der Waals surface area (Å²) in [6.45, 7) is 7.53. The number of rotatable bonds is 0. The SMILES string of the molecule is C[C@@H]1CCCC2CNCCCN2CC1. The largest absolute Gasteiger partial charge is 0.315 e. The molecule has 2 atom stereocenters. The van der Waals surface area contributed by atoms with Gasteiger partial charge in [0.2, 0.25) is 0 Å². The minimum atomic E-state index is 0.838. The monoisotopic (exact) mass is 196 g/mol. The fraction of sp³-hybridized carbons (Fsp3) is 1.00. The zero-order valence-electron chi connectivity index (χ0n) is 9.47. The maximum Gasteiger partial charge on any atom is 0.0220 e. The van der Waals surface area contributed by atoms with Gasteiger partial charge in [0, 0.05) is 12.6 Å². The summed E-state index contributed by atoms with van der Waals surface area (Å²) in [5, 5.41) is 3.56. The van der Waals surface area contributed by atoms with Crippen LogP contribution >= 0.6 is 0 Å². The third-order valence-corrected chi connectivity index (χ3v) is 3.84. The minimum Gasteiger partial charge on any atom is -0.315 e. The van der Waals surface area contributed by atoms with Crippen molar-refractivity contribution in [3.63, 3.8) is 0 Å². The third kappa shape index (κ3) is 2.71. The van der Waals surface area contributed by atoms with E-state index in [0.29, 0.717) is 0 Å². The molecule has 0 aromatic rings. The van der Waals surface area contributed by atoms with Crippen molar-refractivity contribution in [2.24, 2.45) is 5.92 Å². The van der Waals surface area contributed by atoms with Crippen LogP contribution in [-0.4, -0.2) is 37.1 Å². The summed E-state index contributed by atoms with van der Waals surface area (Å²) in [5.41, 5.74) is 0. The Labute approximate surface area is 88.1 Å². The van der Waals surface area contributed by atoms with E-state index in [1.54, 1.807) is 0 Å². The van der Waals surface area contributed by atoms with Crippen molar-refractivity contribution in [2.75, 3.05) is 26.2 Å². The molecule has 0 aromatic carbocycles. The highest BCUT2D eigenvalue weighted by Crippen LogP contribution is 2.21. The first kappa shape index (κ1) is 10.4.